The normalized spacial score (nSPS) is 12.6. The molecule has 0 spiro atoms. The smallest absolute Gasteiger partial charge is 0.323 e. The Morgan fingerprint density at radius 3 is 2.32 bits per heavy atom. The monoisotopic (exact) mass is 341 g/mol. The van der Waals surface area contributed by atoms with Gasteiger partial charge < -0.3 is 25.4 Å². The Bertz CT molecular complexity index is 798. The maximum atomic E-state index is 12.2. The first kappa shape index (κ1) is 16.6. The van der Waals surface area contributed by atoms with E-state index in [0.717, 1.165) is 11.3 Å². The van der Waals surface area contributed by atoms with E-state index in [0.29, 0.717) is 35.7 Å². The average Bonchev–Trinajstić information content (AvgIpc) is 2.61. The summed E-state index contributed by atoms with van der Waals surface area (Å²) in [5.41, 5.74) is 3.00. The Morgan fingerprint density at radius 1 is 0.960 bits per heavy atom. The number of ether oxygens (including phenoxy) is 2. The van der Waals surface area contributed by atoms with Gasteiger partial charge in [-0.15, -0.1) is 0 Å². The van der Waals surface area contributed by atoms with E-state index in [1.807, 2.05) is 6.07 Å². The van der Waals surface area contributed by atoms with Crippen molar-refractivity contribution in [2.75, 3.05) is 30.2 Å². The van der Waals surface area contributed by atoms with Crippen molar-refractivity contribution < 1.29 is 19.1 Å². The number of anilines is 3. The molecule has 0 radical (unpaired) electrons. The summed E-state index contributed by atoms with van der Waals surface area (Å²) in [5, 5.41) is 8.34. The van der Waals surface area contributed by atoms with Crippen LogP contribution in [0.15, 0.2) is 36.4 Å². The number of hydrogen-bond acceptors (Lipinski definition) is 4. The maximum absolute atomic E-state index is 12.2. The first-order chi connectivity index (χ1) is 12.1. The number of benzene rings is 2. The minimum absolute atomic E-state index is 0.0120. The predicted molar refractivity (Wildman–Crippen MR) is 95.6 cm³/mol. The van der Waals surface area contributed by atoms with Crippen LogP contribution in [0.1, 0.15) is 12.0 Å². The lowest BCUT2D eigenvalue weighted by molar-refractivity contribution is -0.116. The van der Waals surface area contributed by atoms with Gasteiger partial charge in [-0.3, -0.25) is 4.79 Å². The third-order valence-electron chi connectivity index (χ3n) is 3.87. The van der Waals surface area contributed by atoms with Gasteiger partial charge >= 0.3 is 6.03 Å². The largest absolute Gasteiger partial charge is 0.497 e. The highest BCUT2D eigenvalue weighted by Gasteiger charge is 2.15. The van der Waals surface area contributed by atoms with Crippen molar-refractivity contribution in [3.63, 3.8) is 0 Å². The van der Waals surface area contributed by atoms with Gasteiger partial charge in [0.1, 0.15) is 11.5 Å². The number of carbonyl (C=O) groups is 2. The fraction of sp³-hybridized carbons (Fsp3) is 0.222. The topological polar surface area (TPSA) is 88.7 Å². The standard InChI is InChI=1S/C18H19N3O4/c1-24-14-8-13(9-15(10-14)25-2)20-18(23)19-12-4-5-16-11(7-12)3-6-17(22)21-16/h4-5,7-10H,3,6H2,1-2H3,(H,21,22)(H2,19,20,23). The third kappa shape index (κ3) is 4.00. The molecule has 1 heterocycles. The Hall–Kier alpha value is -3.22. The first-order valence-electron chi connectivity index (χ1n) is 7.81. The molecule has 0 aliphatic carbocycles. The van der Waals surface area contributed by atoms with Crippen LogP contribution in [-0.2, 0) is 11.2 Å². The van der Waals surface area contributed by atoms with Gasteiger partial charge in [0.25, 0.3) is 0 Å². The van der Waals surface area contributed by atoms with Crippen molar-refractivity contribution in [3.05, 3.63) is 42.0 Å². The van der Waals surface area contributed by atoms with Gasteiger partial charge in [-0.2, -0.15) is 0 Å². The molecule has 1 aliphatic heterocycles. The second-order valence-electron chi connectivity index (χ2n) is 5.60. The quantitative estimate of drug-likeness (QED) is 0.796. The fourth-order valence-electron chi connectivity index (χ4n) is 2.63. The summed E-state index contributed by atoms with van der Waals surface area (Å²) in [6, 6.07) is 10.1. The highest BCUT2D eigenvalue weighted by Crippen LogP contribution is 2.27. The molecule has 0 saturated heterocycles. The van der Waals surface area contributed by atoms with Crippen molar-refractivity contribution >= 4 is 29.0 Å². The van der Waals surface area contributed by atoms with Crippen LogP contribution in [-0.4, -0.2) is 26.2 Å². The fourth-order valence-corrected chi connectivity index (χ4v) is 2.63. The van der Waals surface area contributed by atoms with Gasteiger partial charge in [-0.25, -0.2) is 4.79 Å². The summed E-state index contributed by atoms with van der Waals surface area (Å²) in [4.78, 5) is 23.6. The summed E-state index contributed by atoms with van der Waals surface area (Å²) in [5.74, 6) is 1.18. The molecule has 0 atom stereocenters. The Kier molecular flexibility index (Phi) is 4.74. The van der Waals surface area contributed by atoms with Crippen molar-refractivity contribution in [2.24, 2.45) is 0 Å². The molecule has 3 rings (SSSR count). The van der Waals surface area contributed by atoms with Crippen LogP contribution in [0.5, 0.6) is 11.5 Å². The molecular weight excluding hydrogens is 322 g/mol. The number of fused-ring (bicyclic) bond motifs is 1. The number of carbonyl (C=O) groups excluding carboxylic acids is 2. The molecule has 2 aromatic carbocycles. The lowest BCUT2D eigenvalue weighted by Gasteiger charge is -2.18. The van der Waals surface area contributed by atoms with E-state index in [1.54, 1.807) is 44.6 Å². The summed E-state index contributed by atoms with van der Waals surface area (Å²) >= 11 is 0. The molecule has 7 heteroatoms. The molecule has 0 aromatic heterocycles. The van der Waals surface area contributed by atoms with Gasteiger partial charge in [-0.05, 0) is 30.2 Å². The molecule has 3 N–H and O–H groups in total. The highest BCUT2D eigenvalue weighted by atomic mass is 16.5. The van der Waals surface area contributed by atoms with Crippen LogP contribution >= 0.6 is 0 Å². The number of nitrogens with one attached hydrogen (secondary N) is 3. The zero-order valence-corrected chi connectivity index (χ0v) is 14.0. The maximum Gasteiger partial charge on any atom is 0.323 e. The molecule has 2 aromatic rings. The number of rotatable bonds is 4. The number of hydrogen-bond donors (Lipinski definition) is 3. The van der Waals surface area contributed by atoms with Gasteiger partial charge in [-0.1, -0.05) is 0 Å². The van der Waals surface area contributed by atoms with Crippen molar-refractivity contribution in [3.8, 4) is 11.5 Å². The SMILES string of the molecule is COc1cc(NC(=O)Nc2ccc3c(c2)CCC(=O)N3)cc(OC)c1. The Morgan fingerprint density at radius 2 is 1.64 bits per heavy atom. The van der Waals surface area contributed by atoms with Gasteiger partial charge in [0.05, 0.1) is 14.2 Å². The van der Waals surface area contributed by atoms with Crippen LogP contribution < -0.4 is 25.4 Å². The molecule has 3 amide bonds. The average molecular weight is 341 g/mol. The molecule has 0 fully saturated rings. The van der Waals surface area contributed by atoms with Gasteiger partial charge in [0.15, 0.2) is 0 Å². The predicted octanol–water partition coefficient (Wildman–Crippen LogP) is 3.23. The van der Waals surface area contributed by atoms with E-state index in [-0.39, 0.29) is 11.9 Å². The van der Waals surface area contributed by atoms with E-state index in [9.17, 15) is 9.59 Å². The second-order valence-corrected chi connectivity index (χ2v) is 5.60. The molecule has 7 nitrogen and oxygen atoms in total. The van der Waals surface area contributed by atoms with E-state index in [2.05, 4.69) is 16.0 Å². The third-order valence-corrected chi connectivity index (χ3v) is 3.87. The summed E-state index contributed by atoms with van der Waals surface area (Å²) in [6.45, 7) is 0. The Labute approximate surface area is 145 Å². The van der Waals surface area contributed by atoms with Crippen LogP contribution in [0.2, 0.25) is 0 Å². The summed E-state index contributed by atoms with van der Waals surface area (Å²) in [6.07, 6.45) is 1.11. The first-order valence-corrected chi connectivity index (χ1v) is 7.81. The van der Waals surface area contributed by atoms with Crippen LogP contribution in [0.25, 0.3) is 0 Å². The van der Waals surface area contributed by atoms with Crippen LogP contribution in [0.3, 0.4) is 0 Å². The summed E-state index contributed by atoms with van der Waals surface area (Å²) < 4.78 is 10.4. The minimum Gasteiger partial charge on any atom is -0.497 e. The highest BCUT2D eigenvalue weighted by molar-refractivity contribution is 6.00. The molecule has 130 valence electrons. The van der Waals surface area contributed by atoms with Crippen LogP contribution in [0, 0.1) is 0 Å². The molecule has 1 aliphatic rings. The molecule has 0 unspecified atom stereocenters. The number of methoxy groups -OCH3 is 2. The van der Waals surface area contributed by atoms with E-state index in [1.165, 1.54) is 0 Å². The second kappa shape index (κ2) is 7.12. The van der Waals surface area contributed by atoms with E-state index >= 15 is 0 Å². The van der Waals surface area contributed by atoms with Crippen molar-refractivity contribution in [2.45, 2.75) is 12.8 Å². The zero-order valence-electron chi connectivity index (χ0n) is 14.0. The number of aryl methyl sites for hydroxylation is 1. The van der Waals surface area contributed by atoms with Crippen molar-refractivity contribution in [1.82, 2.24) is 0 Å². The van der Waals surface area contributed by atoms with Gasteiger partial charge in [0.2, 0.25) is 5.91 Å². The number of urea groups is 1. The molecular formula is C18H19N3O4. The van der Waals surface area contributed by atoms with Gasteiger partial charge in [0, 0.05) is 41.7 Å². The number of amides is 3. The zero-order chi connectivity index (χ0) is 17.8. The van der Waals surface area contributed by atoms with E-state index in [4.69, 9.17) is 9.47 Å². The molecule has 0 bridgehead atoms. The summed E-state index contributed by atoms with van der Waals surface area (Å²) in [7, 11) is 3.09. The lowest BCUT2D eigenvalue weighted by Crippen LogP contribution is -2.21. The lowest BCUT2D eigenvalue weighted by atomic mass is 10.0. The molecule has 0 saturated carbocycles. The molecule has 25 heavy (non-hydrogen) atoms. The minimum atomic E-state index is -0.380. The van der Waals surface area contributed by atoms with Crippen molar-refractivity contribution in [1.29, 1.82) is 0 Å². The Balaban J connectivity index is 1.70. The van der Waals surface area contributed by atoms with E-state index < -0.39 is 0 Å². The van der Waals surface area contributed by atoms with Crippen LogP contribution in [0.4, 0.5) is 21.9 Å².